The van der Waals surface area contributed by atoms with Crippen LogP contribution in [0.1, 0.15) is 30.1 Å². The van der Waals surface area contributed by atoms with E-state index < -0.39 is 22.0 Å². The van der Waals surface area contributed by atoms with Gasteiger partial charge >= 0.3 is 0 Å². The third-order valence-corrected chi connectivity index (χ3v) is 6.68. The van der Waals surface area contributed by atoms with Crippen LogP contribution in [-0.2, 0) is 14.8 Å². The van der Waals surface area contributed by atoms with Crippen molar-refractivity contribution in [1.29, 1.82) is 0 Å². The molecule has 0 bridgehead atoms. The number of hydrogen-bond donors (Lipinski definition) is 3. The van der Waals surface area contributed by atoms with Gasteiger partial charge in [0.25, 0.3) is 0 Å². The number of carbonyl (C=O) groups excluding carboxylic acids is 2. The molecule has 1 aliphatic rings. The summed E-state index contributed by atoms with van der Waals surface area (Å²) in [5.41, 5.74) is 6.77. The topological polar surface area (TPSA) is 122 Å². The van der Waals surface area contributed by atoms with E-state index in [1.807, 2.05) is 0 Å². The highest BCUT2D eigenvalue weighted by atomic mass is 32.2. The van der Waals surface area contributed by atoms with E-state index >= 15 is 0 Å². The lowest BCUT2D eigenvalue weighted by molar-refractivity contribution is -0.116. The molecule has 0 radical (unpaired) electrons. The maximum Gasteiger partial charge on any atom is 0.248 e. The Morgan fingerprint density at radius 3 is 2.07 bits per heavy atom. The van der Waals surface area contributed by atoms with Crippen molar-refractivity contribution in [2.24, 2.45) is 5.73 Å². The van der Waals surface area contributed by atoms with Crippen LogP contribution in [0.15, 0.2) is 53.4 Å². The number of carbonyl (C=O) groups is 2. The normalized spacial score (nSPS) is 15.6. The molecule has 1 aliphatic heterocycles. The van der Waals surface area contributed by atoms with Crippen molar-refractivity contribution in [3.05, 3.63) is 54.1 Å². The van der Waals surface area contributed by atoms with E-state index in [2.05, 4.69) is 10.6 Å². The van der Waals surface area contributed by atoms with Crippen LogP contribution in [0, 0.1) is 0 Å². The first kappa shape index (κ1) is 20.8. The van der Waals surface area contributed by atoms with Crippen molar-refractivity contribution >= 4 is 33.2 Å². The van der Waals surface area contributed by atoms with Crippen molar-refractivity contribution in [2.75, 3.05) is 23.7 Å². The summed E-state index contributed by atoms with van der Waals surface area (Å²) in [4.78, 5) is 23.7. The Bertz CT molecular complexity index is 982. The second kappa shape index (κ2) is 8.62. The molecule has 1 saturated heterocycles. The fourth-order valence-corrected chi connectivity index (χ4v) is 4.60. The summed E-state index contributed by atoms with van der Waals surface area (Å²) in [6.07, 6.45) is 1.76. The van der Waals surface area contributed by atoms with Crippen LogP contribution in [0.4, 0.5) is 11.4 Å². The molecule has 0 aliphatic carbocycles. The number of benzene rings is 2. The van der Waals surface area contributed by atoms with E-state index in [1.165, 1.54) is 16.4 Å². The van der Waals surface area contributed by atoms with Gasteiger partial charge in [0.05, 0.1) is 4.90 Å². The predicted octanol–water partition coefficient (Wildman–Crippen LogP) is 2.01. The van der Waals surface area contributed by atoms with Crippen LogP contribution in [0.5, 0.6) is 0 Å². The molecule has 1 fully saturated rings. The fourth-order valence-electron chi connectivity index (χ4n) is 3.08. The highest BCUT2D eigenvalue weighted by molar-refractivity contribution is 7.89. The molecular weight excluding hydrogens is 392 g/mol. The Morgan fingerprint density at radius 1 is 0.966 bits per heavy atom. The van der Waals surface area contributed by atoms with E-state index in [-0.39, 0.29) is 10.8 Å². The average Bonchev–Trinajstić information content (AvgIpc) is 3.24. The number of nitrogens with zero attached hydrogens (tertiary/aromatic N) is 1. The van der Waals surface area contributed by atoms with E-state index in [4.69, 9.17) is 5.73 Å². The summed E-state index contributed by atoms with van der Waals surface area (Å²) < 4.78 is 26.6. The number of primary amides is 1. The van der Waals surface area contributed by atoms with Gasteiger partial charge in [-0.05, 0) is 68.3 Å². The summed E-state index contributed by atoms with van der Waals surface area (Å²) in [7, 11) is -3.48. The molecule has 0 unspecified atom stereocenters. The SMILES string of the molecule is C[C@H](Nc1ccc(C(N)=O)cc1)C(=O)Nc1ccc(S(=O)(=O)N2CCCC2)cc1. The van der Waals surface area contributed by atoms with Crippen molar-refractivity contribution < 1.29 is 18.0 Å². The van der Waals surface area contributed by atoms with Gasteiger partial charge in [-0.15, -0.1) is 0 Å². The molecule has 4 N–H and O–H groups in total. The third-order valence-electron chi connectivity index (χ3n) is 4.77. The molecule has 1 heterocycles. The summed E-state index contributed by atoms with van der Waals surface area (Å²) in [6.45, 7) is 2.79. The summed E-state index contributed by atoms with van der Waals surface area (Å²) in [5, 5.41) is 5.79. The second-order valence-electron chi connectivity index (χ2n) is 6.93. The van der Waals surface area contributed by atoms with Gasteiger partial charge < -0.3 is 16.4 Å². The number of hydrogen-bond acceptors (Lipinski definition) is 5. The molecule has 8 nitrogen and oxygen atoms in total. The smallest absolute Gasteiger partial charge is 0.248 e. The maximum absolute atomic E-state index is 12.5. The number of amides is 2. The number of sulfonamides is 1. The van der Waals surface area contributed by atoms with E-state index in [9.17, 15) is 18.0 Å². The van der Waals surface area contributed by atoms with Gasteiger partial charge in [-0.3, -0.25) is 9.59 Å². The van der Waals surface area contributed by atoms with E-state index in [0.717, 1.165) is 12.8 Å². The zero-order valence-corrected chi connectivity index (χ0v) is 16.9. The van der Waals surface area contributed by atoms with Gasteiger partial charge in [0, 0.05) is 30.0 Å². The van der Waals surface area contributed by atoms with Crippen molar-refractivity contribution in [3.63, 3.8) is 0 Å². The molecule has 9 heteroatoms. The lowest BCUT2D eigenvalue weighted by Gasteiger charge is -2.17. The van der Waals surface area contributed by atoms with Gasteiger partial charge in [0.1, 0.15) is 6.04 Å². The minimum atomic E-state index is -3.48. The number of nitrogens with two attached hydrogens (primary N) is 1. The Balaban J connectivity index is 1.60. The Labute approximate surface area is 170 Å². The predicted molar refractivity (Wildman–Crippen MR) is 111 cm³/mol. The Hall–Kier alpha value is -2.91. The first-order chi connectivity index (χ1) is 13.8. The fraction of sp³-hybridized carbons (Fsp3) is 0.300. The molecule has 3 rings (SSSR count). The van der Waals surface area contributed by atoms with Crippen LogP contribution >= 0.6 is 0 Å². The Morgan fingerprint density at radius 2 is 1.52 bits per heavy atom. The summed E-state index contributed by atoms with van der Waals surface area (Å²) >= 11 is 0. The van der Waals surface area contributed by atoms with Gasteiger partial charge in [-0.2, -0.15) is 4.31 Å². The number of anilines is 2. The zero-order valence-electron chi connectivity index (χ0n) is 16.1. The highest BCUT2D eigenvalue weighted by Crippen LogP contribution is 2.22. The van der Waals surface area contributed by atoms with Crippen LogP contribution in [0.2, 0.25) is 0 Å². The first-order valence-corrected chi connectivity index (χ1v) is 10.8. The largest absolute Gasteiger partial charge is 0.374 e. The number of rotatable bonds is 7. The zero-order chi connectivity index (χ0) is 21.0. The maximum atomic E-state index is 12.5. The molecule has 154 valence electrons. The van der Waals surface area contributed by atoms with Crippen LogP contribution < -0.4 is 16.4 Å². The molecular formula is C20H24N4O4S. The van der Waals surface area contributed by atoms with Gasteiger partial charge in [0.2, 0.25) is 21.8 Å². The van der Waals surface area contributed by atoms with E-state index in [1.54, 1.807) is 43.3 Å². The lowest BCUT2D eigenvalue weighted by Crippen LogP contribution is -2.32. The standard InChI is InChI=1S/C20H24N4O4S/c1-14(22-16-6-4-15(5-7-16)19(21)25)20(26)23-17-8-10-18(11-9-17)29(27,28)24-12-2-3-13-24/h4-11,14,22H,2-3,12-13H2,1H3,(H2,21,25)(H,23,26)/t14-/m0/s1. The second-order valence-corrected chi connectivity index (χ2v) is 8.87. The minimum Gasteiger partial charge on any atom is -0.374 e. The highest BCUT2D eigenvalue weighted by Gasteiger charge is 2.27. The van der Waals surface area contributed by atoms with Gasteiger partial charge in [-0.25, -0.2) is 8.42 Å². The first-order valence-electron chi connectivity index (χ1n) is 9.35. The van der Waals surface area contributed by atoms with Crippen LogP contribution in [0.25, 0.3) is 0 Å². The van der Waals surface area contributed by atoms with Crippen LogP contribution in [0.3, 0.4) is 0 Å². The molecule has 2 aromatic rings. The molecule has 0 spiro atoms. The van der Waals surface area contributed by atoms with E-state index in [0.29, 0.717) is 30.0 Å². The quantitative estimate of drug-likeness (QED) is 0.637. The van der Waals surface area contributed by atoms with Gasteiger partial charge in [0.15, 0.2) is 0 Å². The third kappa shape index (κ3) is 4.93. The molecule has 0 saturated carbocycles. The molecule has 1 atom stereocenters. The molecule has 2 amide bonds. The monoisotopic (exact) mass is 416 g/mol. The molecule has 29 heavy (non-hydrogen) atoms. The summed E-state index contributed by atoms with van der Waals surface area (Å²) in [6, 6.07) is 12.1. The molecule has 0 aromatic heterocycles. The average molecular weight is 417 g/mol. The van der Waals surface area contributed by atoms with Crippen molar-refractivity contribution in [1.82, 2.24) is 4.31 Å². The number of nitrogens with one attached hydrogen (secondary N) is 2. The summed E-state index contributed by atoms with van der Waals surface area (Å²) in [5.74, 6) is -0.795. The van der Waals surface area contributed by atoms with Crippen molar-refractivity contribution in [3.8, 4) is 0 Å². The molecule has 2 aromatic carbocycles. The van der Waals surface area contributed by atoms with Crippen molar-refractivity contribution in [2.45, 2.75) is 30.7 Å². The lowest BCUT2D eigenvalue weighted by atomic mass is 10.2. The van der Waals surface area contributed by atoms with Gasteiger partial charge in [-0.1, -0.05) is 0 Å². The minimum absolute atomic E-state index is 0.220. The Kier molecular flexibility index (Phi) is 6.19. The van der Waals surface area contributed by atoms with Crippen LogP contribution in [-0.4, -0.2) is 43.7 Å².